The second-order valence-corrected chi connectivity index (χ2v) is 9.75. The van der Waals surface area contributed by atoms with Gasteiger partial charge in [-0.25, -0.2) is 4.39 Å². The van der Waals surface area contributed by atoms with E-state index in [1.807, 2.05) is 13.8 Å². The van der Waals surface area contributed by atoms with Crippen LogP contribution in [0.4, 0.5) is 10.1 Å². The number of benzene rings is 2. The molecule has 0 radical (unpaired) electrons. The van der Waals surface area contributed by atoms with Gasteiger partial charge in [-0.2, -0.15) is 0 Å². The van der Waals surface area contributed by atoms with Crippen molar-refractivity contribution in [3.8, 4) is 0 Å². The summed E-state index contributed by atoms with van der Waals surface area (Å²) in [5.41, 5.74) is 2.06. The van der Waals surface area contributed by atoms with Crippen molar-refractivity contribution in [1.29, 1.82) is 0 Å². The number of rotatable bonds is 7. The third-order valence-corrected chi connectivity index (χ3v) is 6.79. The van der Waals surface area contributed by atoms with Gasteiger partial charge < -0.3 is 15.1 Å². The molecule has 0 spiro atoms. The number of nitrogens with zero attached hydrogens (tertiary/aromatic N) is 3. The molecule has 1 aliphatic heterocycles. The number of likely N-dealkylation sites (N-methyl/N-ethyl adjacent to an activating group) is 1. The zero-order valence-corrected chi connectivity index (χ0v) is 22.0. The Kier molecular flexibility index (Phi) is 8.53. The normalized spacial score (nSPS) is 18.0. The van der Waals surface area contributed by atoms with Crippen LogP contribution in [0.5, 0.6) is 0 Å². The van der Waals surface area contributed by atoms with Crippen molar-refractivity contribution in [2.45, 2.75) is 32.5 Å². The number of carbonyl (C=O) groups excluding carboxylic acids is 3. The van der Waals surface area contributed by atoms with E-state index < -0.39 is 11.7 Å². The molecule has 192 valence electrons. The van der Waals surface area contributed by atoms with Crippen LogP contribution >= 0.6 is 11.6 Å². The highest BCUT2D eigenvalue weighted by atomic mass is 35.5. The number of hydrogen-bond donors (Lipinski definition) is 1. The number of anilines is 1. The predicted octanol–water partition coefficient (Wildman–Crippen LogP) is 3.93. The van der Waals surface area contributed by atoms with Crippen LogP contribution in [0.25, 0.3) is 5.57 Å². The molecular formula is C27H32ClFN4O3. The molecule has 1 N–H and O–H groups in total. The molecule has 2 aromatic rings. The lowest BCUT2D eigenvalue weighted by atomic mass is 9.97. The van der Waals surface area contributed by atoms with Crippen molar-refractivity contribution in [3.05, 3.63) is 70.5 Å². The summed E-state index contributed by atoms with van der Waals surface area (Å²) in [6.45, 7) is 9.59. The Morgan fingerprint density at radius 2 is 1.72 bits per heavy atom. The smallest absolute Gasteiger partial charge is 0.294 e. The Bertz CT molecular complexity index is 1180. The number of amides is 2. The van der Waals surface area contributed by atoms with Crippen LogP contribution < -0.4 is 5.32 Å². The number of halogens is 2. The van der Waals surface area contributed by atoms with Gasteiger partial charge in [0.2, 0.25) is 5.78 Å². The number of carbonyl (C=O) groups is 3. The summed E-state index contributed by atoms with van der Waals surface area (Å²) in [7, 11) is 4.63. The average molecular weight is 515 g/mol. The van der Waals surface area contributed by atoms with Gasteiger partial charge in [-0.3, -0.25) is 19.3 Å². The first-order valence-electron chi connectivity index (χ1n) is 11.7. The van der Waals surface area contributed by atoms with E-state index in [1.54, 1.807) is 30.1 Å². The standard InChI is InChI=1S/C27H32ClFN4O3/c1-16-14-33(17(2)13-32(16)15-19-7-9-20(29)10-8-19)26(35)22-11-21(24(30-4)12-23(22)28)18(3)25(34)27(36)31(5)6/h7-12,16-17,30H,3,13-15H2,1-2,4-6H3/t16-,17?/m0/s1. The third kappa shape index (κ3) is 5.77. The van der Waals surface area contributed by atoms with Crippen molar-refractivity contribution in [1.82, 2.24) is 14.7 Å². The van der Waals surface area contributed by atoms with E-state index in [2.05, 4.69) is 16.8 Å². The van der Waals surface area contributed by atoms with E-state index in [-0.39, 0.29) is 40.0 Å². The van der Waals surface area contributed by atoms with E-state index in [0.29, 0.717) is 30.9 Å². The summed E-state index contributed by atoms with van der Waals surface area (Å²) in [5.74, 6) is -1.99. The maximum atomic E-state index is 13.6. The molecule has 0 saturated carbocycles. The highest BCUT2D eigenvalue weighted by Crippen LogP contribution is 2.32. The van der Waals surface area contributed by atoms with Gasteiger partial charge in [-0.05, 0) is 43.7 Å². The van der Waals surface area contributed by atoms with Gasteiger partial charge in [0, 0.05) is 69.7 Å². The fourth-order valence-electron chi connectivity index (χ4n) is 4.33. The molecule has 1 unspecified atom stereocenters. The number of hydrogen-bond acceptors (Lipinski definition) is 5. The van der Waals surface area contributed by atoms with Crippen molar-refractivity contribution in [2.75, 3.05) is 39.5 Å². The minimum absolute atomic E-state index is 0.0192. The number of Topliss-reactive ketones (excluding diaryl/α,β-unsaturated/α-hetero) is 1. The minimum atomic E-state index is -0.756. The van der Waals surface area contributed by atoms with Gasteiger partial charge in [0.25, 0.3) is 11.8 Å². The Morgan fingerprint density at radius 1 is 1.08 bits per heavy atom. The number of ketones is 1. The van der Waals surface area contributed by atoms with E-state index in [0.717, 1.165) is 5.56 Å². The second-order valence-electron chi connectivity index (χ2n) is 9.35. The van der Waals surface area contributed by atoms with Crippen molar-refractivity contribution >= 4 is 40.5 Å². The second kappa shape index (κ2) is 11.2. The molecule has 1 saturated heterocycles. The van der Waals surface area contributed by atoms with Crippen LogP contribution in [0.2, 0.25) is 5.02 Å². The molecule has 9 heteroatoms. The third-order valence-electron chi connectivity index (χ3n) is 6.48. The maximum Gasteiger partial charge on any atom is 0.294 e. The minimum Gasteiger partial charge on any atom is -0.388 e. The highest BCUT2D eigenvalue weighted by molar-refractivity contribution is 6.53. The van der Waals surface area contributed by atoms with Crippen LogP contribution in [-0.2, 0) is 16.1 Å². The predicted molar refractivity (Wildman–Crippen MR) is 141 cm³/mol. The van der Waals surface area contributed by atoms with Crippen LogP contribution in [-0.4, -0.2) is 78.6 Å². The molecular weight excluding hydrogens is 483 g/mol. The van der Waals surface area contributed by atoms with Crippen molar-refractivity contribution < 1.29 is 18.8 Å². The van der Waals surface area contributed by atoms with Gasteiger partial charge in [0.1, 0.15) is 5.82 Å². The quantitative estimate of drug-likeness (QED) is 0.448. The molecule has 36 heavy (non-hydrogen) atoms. The molecule has 0 bridgehead atoms. The molecule has 0 aromatic heterocycles. The van der Waals surface area contributed by atoms with Gasteiger partial charge in [-0.1, -0.05) is 30.3 Å². The van der Waals surface area contributed by atoms with E-state index in [1.165, 1.54) is 37.2 Å². The van der Waals surface area contributed by atoms with Gasteiger partial charge >= 0.3 is 0 Å². The average Bonchev–Trinajstić information content (AvgIpc) is 2.85. The fourth-order valence-corrected chi connectivity index (χ4v) is 4.57. The summed E-state index contributed by atoms with van der Waals surface area (Å²) in [4.78, 5) is 43.7. The molecule has 2 amide bonds. The Hall–Kier alpha value is -3.23. The van der Waals surface area contributed by atoms with Gasteiger partial charge in [0.15, 0.2) is 0 Å². The summed E-state index contributed by atoms with van der Waals surface area (Å²) in [6.07, 6.45) is 0. The Morgan fingerprint density at radius 3 is 2.31 bits per heavy atom. The van der Waals surface area contributed by atoms with E-state index >= 15 is 0 Å². The Balaban J connectivity index is 1.85. The van der Waals surface area contributed by atoms with Gasteiger partial charge in [0.05, 0.1) is 10.6 Å². The molecule has 0 aliphatic carbocycles. The van der Waals surface area contributed by atoms with Crippen LogP contribution in [0, 0.1) is 5.82 Å². The molecule has 3 rings (SSSR count). The summed E-state index contributed by atoms with van der Waals surface area (Å²) < 4.78 is 13.3. The Labute approximate surface area is 216 Å². The molecule has 1 aliphatic rings. The van der Waals surface area contributed by atoms with Crippen molar-refractivity contribution in [2.24, 2.45) is 0 Å². The maximum absolute atomic E-state index is 13.6. The molecule has 2 atom stereocenters. The first kappa shape index (κ1) is 27.4. The molecule has 1 heterocycles. The monoisotopic (exact) mass is 514 g/mol. The molecule has 7 nitrogen and oxygen atoms in total. The number of piperazine rings is 1. The molecule has 2 aromatic carbocycles. The topological polar surface area (TPSA) is 73.0 Å². The van der Waals surface area contributed by atoms with Crippen LogP contribution in [0.15, 0.2) is 43.0 Å². The molecule has 1 fully saturated rings. The van der Waals surface area contributed by atoms with Crippen molar-refractivity contribution in [3.63, 3.8) is 0 Å². The zero-order valence-electron chi connectivity index (χ0n) is 21.3. The SMILES string of the molecule is C=C(C(=O)C(=O)N(C)C)c1cc(C(=O)N2C[C@H](C)N(Cc3ccc(F)cc3)CC2C)c(Cl)cc1NC. The van der Waals surface area contributed by atoms with E-state index in [4.69, 9.17) is 11.6 Å². The zero-order chi connectivity index (χ0) is 26.7. The largest absolute Gasteiger partial charge is 0.388 e. The van der Waals surface area contributed by atoms with E-state index in [9.17, 15) is 18.8 Å². The first-order valence-corrected chi connectivity index (χ1v) is 12.1. The summed E-state index contributed by atoms with van der Waals surface area (Å²) in [5, 5.41) is 3.19. The van der Waals surface area contributed by atoms with Gasteiger partial charge in [-0.15, -0.1) is 0 Å². The summed E-state index contributed by atoms with van der Waals surface area (Å²) in [6, 6.07) is 9.47. The van der Waals surface area contributed by atoms with Crippen LogP contribution in [0.3, 0.4) is 0 Å². The van der Waals surface area contributed by atoms with Crippen LogP contribution in [0.1, 0.15) is 35.3 Å². The fraction of sp³-hybridized carbons (Fsp3) is 0.370. The number of nitrogens with one attached hydrogen (secondary N) is 1. The summed E-state index contributed by atoms with van der Waals surface area (Å²) >= 11 is 6.51. The first-order chi connectivity index (χ1) is 16.9. The lowest BCUT2D eigenvalue weighted by Crippen LogP contribution is -2.57. The lowest BCUT2D eigenvalue weighted by molar-refractivity contribution is -0.139. The highest BCUT2D eigenvalue weighted by Gasteiger charge is 2.34. The lowest BCUT2D eigenvalue weighted by Gasteiger charge is -2.44.